The molecular weight excluding hydrogens is 364 g/mol. The van der Waals surface area contributed by atoms with Gasteiger partial charge in [-0.2, -0.15) is 0 Å². The van der Waals surface area contributed by atoms with Crippen molar-refractivity contribution in [3.8, 4) is 11.4 Å². The molecule has 0 aliphatic carbocycles. The van der Waals surface area contributed by atoms with Gasteiger partial charge in [0.1, 0.15) is 0 Å². The van der Waals surface area contributed by atoms with Crippen LogP contribution in [0, 0.1) is 6.92 Å². The van der Waals surface area contributed by atoms with Crippen LogP contribution in [0.25, 0.3) is 11.4 Å². The minimum atomic E-state index is -0.0546. The van der Waals surface area contributed by atoms with Gasteiger partial charge in [0.15, 0.2) is 11.0 Å². The summed E-state index contributed by atoms with van der Waals surface area (Å²) in [6.45, 7) is 6.38. The van der Waals surface area contributed by atoms with Crippen molar-refractivity contribution in [1.82, 2.24) is 14.8 Å². The van der Waals surface area contributed by atoms with Crippen molar-refractivity contribution in [2.24, 2.45) is 7.05 Å². The topological polar surface area (TPSA) is 59.8 Å². The Morgan fingerprint density at radius 3 is 2.65 bits per heavy atom. The van der Waals surface area contributed by atoms with Crippen molar-refractivity contribution >= 4 is 34.7 Å². The summed E-state index contributed by atoms with van der Waals surface area (Å²) in [4.78, 5) is 13.5. The summed E-state index contributed by atoms with van der Waals surface area (Å²) in [5.74, 6) is 1.57. The molecule has 3 rings (SSSR count). The molecule has 7 heteroatoms. The number of carbonyl (C=O) groups is 1. The second-order valence-electron chi connectivity index (χ2n) is 6.46. The molecule has 26 heavy (non-hydrogen) atoms. The molecule has 0 saturated carbocycles. The quantitative estimate of drug-likeness (QED) is 0.624. The minimum Gasteiger partial charge on any atom is -0.325 e. The molecule has 0 spiro atoms. The van der Waals surface area contributed by atoms with Crippen LogP contribution in [0.3, 0.4) is 0 Å². The number of benzene rings is 1. The van der Waals surface area contributed by atoms with E-state index in [1.165, 1.54) is 16.6 Å². The average molecular weight is 387 g/mol. The van der Waals surface area contributed by atoms with Crippen molar-refractivity contribution in [3.05, 3.63) is 46.2 Å². The van der Waals surface area contributed by atoms with E-state index in [0.29, 0.717) is 11.7 Å². The van der Waals surface area contributed by atoms with E-state index in [2.05, 4.69) is 40.8 Å². The van der Waals surface area contributed by atoms with Gasteiger partial charge >= 0.3 is 0 Å². The largest absolute Gasteiger partial charge is 0.325 e. The molecule has 0 aliphatic heterocycles. The van der Waals surface area contributed by atoms with Gasteiger partial charge in [0.25, 0.3) is 0 Å². The molecule has 1 amide bonds. The van der Waals surface area contributed by atoms with E-state index < -0.39 is 0 Å². The van der Waals surface area contributed by atoms with Crippen molar-refractivity contribution in [2.45, 2.75) is 31.8 Å². The van der Waals surface area contributed by atoms with Gasteiger partial charge in [0.05, 0.1) is 5.75 Å². The number of carbonyl (C=O) groups excluding carboxylic acids is 1. The van der Waals surface area contributed by atoms with Gasteiger partial charge in [-0.25, -0.2) is 0 Å². The van der Waals surface area contributed by atoms with E-state index in [4.69, 9.17) is 0 Å². The zero-order valence-corrected chi connectivity index (χ0v) is 16.9. The molecule has 0 bridgehead atoms. The van der Waals surface area contributed by atoms with Crippen LogP contribution in [0.15, 0.2) is 40.9 Å². The lowest BCUT2D eigenvalue weighted by Gasteiger charge is -2.05. The highest BCUT2D eigenvalue weighted by molar-refractivity contribution is 7.99. The van der Waals surface area contributed by atoms with Crippen molar-refractivity contribution < 1.29 is 4.79 Å². The number of thiophene rings is 1. The first-order valence-electron chi connectivity index (χ1n) is 8.41. The van der Waals surface area contributed by atoms with Gasteiger partial charge in [-0.05, 0) is 31.0 Å². The van der Waals surface area contributed by atoms with E-state index >= 15 is 0 Å². The van der Waals surface area contributed by atoms with Crippen LogP contribution in [0.2, 0.25) is 0 Å². The number of aromatic nitrogens is 3. The van der Waals surface area contributed by atoms with E-state index in [1.54, 1.807) is 11.3 Å². The van der Waals surface area contributed by atoms with E-state index in [-0.39, 0.29) is 5.91 Å². The fourth-order valence-corrected chi connectivity index (χ4v) is 4.04. The molecule has 136 valence electrons. The molecule has 1 N–H and O–H groups in total. The Kier molecular flexibility index (Phi) is 5.78. The normalized spacial score (nSPS) is 11.1. The van der Waals surface area contributed by atoms with Crippen LogP contribution in [0.4, 0.5) is 5.69 Å². The van der Waals surface area contributed by atoms with Crippen molar-refractivity contribution in [1.29, 1.82) is 0 Å². The van der Waals surface area contributed by atoms with Gasteiger partial charge in [-0.15, -0.1) is 21.5 Å². The SMILES string of the molecule is Cc1ccc(NC(=O)CSc2nnc(-c3csc(C(C)C)c3)n2C)cc1. The highest BCUT2D eigenvalue weighted by Crippen LogP contribution is 2.30. The highest BCUT2D eigenvalue weighted by Gasteiger charge is 2.15. The molecule has 2 aromatic heterocycles. The standard InChI is InChI=1S/C19H22N4OS2/c1-12(2)16-9-14(10-25-16)18-21-22-19(23(18)4)26-11-17(24)20-15-7-5-13(3)6-8-15/h5-10,12H,11H2,1-4H3,(H,20,24). The molecule has 1 aromatic carbocycles. The summed E-state index contributed by atoms with van der Waals surface area (Å²) in [6.07, 6.45) is 0. The number of nitrogens with one attached hydrogen (secondary N) is 1. The maximum absolute atomic E-state index is 12.1. The molecule has 0 saturated heterocycles. The first-order valence-corrected chi connectivity index (χ1v) is 10.3. The Hall–Kier alpha value is -2.12. The predicted octanol–water partition coefficient (Wildman–Crippen LogP) is 4.71. The zero-order chi connectivity index (χ0) is 18.7. The molecule has 2 heterocycles. The van der Waals surface area contributed by atoms with Crippen LogP contribution >= 0.6 is 23.1 Å². The van der Waals surface area contributed by atoms with Gasteiger partial charge in [-0.1, -0.05) is 43.3 Å². The Bertz CT molecular complexity index is 897. The Morgan fingerprint density at radius 2 is 2.00 bits per heavy atom. The fourth-order valence-electron chi connectivity index (χ4n) is 2.43. The van der Waals surface area contributed by atoms with E-state index in [0.717, 1.165) is 27.8 Å². The summed E-state index contributed by atoms with van der Waals surface area (Å²) >= 11 is 3.13. The Morgan fingerprint density at radius 1 is 1.27 bits per heavy atom. The maximum atomic E-state index is 12.1. The smallest absolute Gasteiger partial charge is 0.234 e. The number of thioether (sulfide) groups is 1. The van der Waals surface area contributed by atoms with Gasteiger partial charge < -0.3 is 9.88 Å². The van der Waals surface area contributed by atoms with Gasteiger partial charge in [0, 0.05) is 28.6 Å². The molecule has 0 unspecified atom stereocenters. The van der Waals surface area contributed by atoms with Crippen LogP contribution in [0.1, 0.15) is 30.2 Å². The second kappa shape index (κ2) is 8.05. The first kappa shape index (κ1) is 18.7. The van der Waals surface area contributed by atoms with Gasteiger partial charge in [-0.3, -0.25) is 4.79 Å². The van der Waals surface area contributed by atoms with Crippen molar-refractivity contribution in [2.75, 3.05) is 11.1 Å². The molecule has 0 radical (unpaired) electrons. The average Bonchev–Trinajstić information content (AvgIpc) is 3.22. The molecule has 0 fully saturated rings. The van der Waals surface area contributed by atoms with Crippen LogP contribution in [-0.4, -0.2) is 26.4 Å². The van der Waals surface area contributed by atoms with Crippen LogP contribution in [0.5, 0.6) is 0 Å². The molecule has 0 atom stereocenters. The third kappa shape index (κ3) is 4.34. The number of hydrogen-bond acceptors (Lipinski definition) is 5. The summed E-state index contributed by atoms with van der Waals surface area (Å²) in [7, 11) is 1.93. The molecule has 0 aliphatic rings. The number of aryl methyl sites for hydroxylation is 1. The monoisotopic (exact) mass is 386 g/mol. The molecule has 3 aromatic rings. The number of hydrogen-bond donors (Lipinski definition) is 1. The number of rotatable bonds is 6. The first-order chi connectivity index (χ1) is 12.4. The predicted molar refractivity (Wildman–Crippen MR) is 109 cm³/mol. The summed E-state index contributed by atoms with van der Waals surface area (Å²) < 4.78 is 1.94. The van der Waals surface area contributed by atoms with Crippen molar-refractivity contribution in [3.63, 3.8) is 0 Å². The van der Waals surface area contributed by atoms with Gasteiger partial charge in [0.2, 0.25) is 5.91 Å². The van der Waals surface area contributed by atoms with E-state index in [9.17, 15) is 4.79 Å². The number of nitrogens with zero attached hydrogens (tertiary/aromatic N) is 3. The second-order valence-corrected chi connectivity index (χ2v) is 8.35. The molecular formula is C19H22N4OS2. The third-order valence-corrected chi connectivity index (χ3v) is 6.20. The third-order valence-electron chi connectivity index (χ3n) is 3.95. The Balaban J connectivity index is 1.62. The maximum Gasteiger partial charge on any atom is 0.234 e. The minimum absolute atomic E-state index is 0.0546. The highest BCUT2D eigenvalue weighted by atomic mass is 32.2. The lowest BCUT2D eigenvalue weighted by molar-refractivity contribution is -0.113. The van der Waals surface area contributed by atoms with Crippen LogP contribution < -0.4 is 5.32 Å². The number of anilines is 1. The summed E-state index contributed by atoms with van der Waals surface area (Å²) in [5, 5.41) is 14.3. The lowest BCUT2D eigenvalue weighted by Crippen LogP contribution is -2.14. The summed E-state index contributed by atoms with van der Waals surface area (Å²) in [5.41, 5.74) is 3.04. The summed E-state index contributed by atoms with van der Waals surface area (Å²) in [6, 6.07) is 9.92. The molecule has 5 nitrogen and oxygen atoms in total. The zero-order valence-electron chi connectivity index (χ0n) is 15.3. The van der Waals surface area contributed by atoms with Crippen LogP contribution in [-0.2, 0) is 11.8 Å². The van der Waals surface area contributed by atoms with E-state index in [1.807, 2.05) is 42.8 Å². The Labute approximate surface area is 161 Å². The lowest BCUT2D eigenvalue weighted by atomic mass is 10.1. The number of amides is 1. The fraction of sp³-hybridized carbons (Fsp3) is 0.316.